The van der Waals surface area contributed by atoms with Crippen LogP contribution in [0.1, 0.15) is 10.6 Å². The van der Waals surface area contributed by atoms with Crippen molar-refractivity contribution in [3.63, 3.8) is 0 Å². The van der Waals surface area contributed by atoms with E-state index in [2.05, 4.69) is 0 Å². The van der Waals surface area contributed by atoms with E-state index in [1.54, 1.807) is 18.2 Å². The first-order chi connectivity index (χ1) is 8.70. The standard InChI is InChI=1S/C13H11FO4/c14-10-3-1-9(2-4-10)11-5-6-12(18-11)13(16)17-8-7-15/h1-6,15H,7-8H2. The van der Waals surface area contributed by atoms with Crippen LogP contribution in [0.2, 0.25) is 0 Å². The smallest absolute Gasteiger partial charge is 0.374 e. The van der Waals surface area contributed by atoms with Gasteiger partial charge in [0.2, 0.25) is 5.76 Å². The van der Waals surface area contributed by atoms with Crippen molar-refractivity contribution in [1.82, 2.24) is 0 Å². The number of carbonyl (C=O) groups is 1. The number of aliphatic hydroxyl groups is 1. The third-order valence-electron chi connectivity index (χ3n) is 2.26. The van der Waals surface area contributed by atoms with E-state index >= 15 is 0 Å². The Kier molecular flexibility index (Phi) is 3.74. The van der Waals surface area contributed by atoms with Crippen molar-refractivity contribution in [2.24, 2.45) is 0 Å². The molecule has 1 heterocycles. The van der Waals surface area contributed by atoms with Crippen molar-refractivity contribution < 1.29 is 23.4 Å². The minimum absolute atomic E-state index is 0.0442. The number of benzene rings is 1. The van der Waals surface area contributed by atoms with Gasteiger partial charge in [-0.25, -0.2) is 9.18 Å². The van der Waals surface area contributed by atoms with Crippen LogP contribution in [0.15, 0.2) is 40.8 Å². The van der Waals surface area contributed by atoms with Crippen molar-refractivity contribution in [3.05, 3.63) is 48.0 Å². The second-order valence-electron chi connectivity index (χ2n) is 3.53. The Hall–Kier alpha value is -2.14. The lowest BCUT2D eigenvalue weighted by molar-refractivity contribution is 0.0399. The summed E-state index contributed by atoms with van der Waals surface area (Å²) in [4.78, 5) is 11.4. The summed E-state index contributed by atoms with van der Waals surface area (Å²) in [6.07, 6.45) is 0. The van der Waals surface area contributed by atoms with Crippen LogP contribution >= 0.6 is 0 Å². The number of aliphatic hydroxyl groups excluding tert-OH is 1. The van der Waals surface area contributed by atoms with E-state index in [1.807, 2.05) is 0 Å². The molecule has 4 nitrogen and oxygen atoms in total. The van der Waals surface area contributed by atoms with Crippen LogP contribution in [0, 0.1) is 5.82 Å². The van der Waals surface area contributed by atoms with E-state index < -0.39 is 5.97 Å². The molecule has 0 aliphatic carbocycles. The minimum atomic E-state index is -0.641. The van der Waals surface area contributed by atoms with Crippen molar-refractivity contribution in [2.75, 3.05) is 13.2 Å². The zero-order valence-corrected chi connectivity index (χ0v) is 9.43. The van der Waals surface area contributed by atoms with Crippen LogP contribution in [-0.4, -0.2) is 24.3 Å². The SMILES string of the molecule is O=C(OCCO)c1ccc(-c2ccc(F)cc2)o1. The lowest BCUT2D eigenvalue weighted by Crippen LogP contribution is -2.07. The molecule has 18 heavy (non-hydrogen) atoms. The third-order valence-corrected chi connectivity index (χ3v) is 2.26. The lowest BCUT2D eigenvalue weighted by atomic mass is 10.2. The van der Waals surface area contributed by atoms with Crippen LogP contribution in [-0.2, 0) is 4.74 Å². The normalized spacial score (nSPS) is 10.3. The van der Waals surface area contributed by atoms with Gasteiger partial charge in [0.1, 0.15) is 18.2 Å². The van der Waals surface area contributed by atoms with Gasteiger partial charge < -0.3 is 14.3 Å². The molecule has 1 aromatic heterocycles. The van der Waals surface area contributed by atoms with Crippen LogP contribution in [0.4, 0.5) is 4.39 Å². The molecular formula is C13H11FO4. The summed E-state index contributed by atoms with van der Waals surface area (Å²) in [5.74, 6) is -0.487. The largest absolute Gasteiger partial charge is 0.457 e. The van der Waals surface area contributed by atoms with Crippen molar-refractivity contribution in [3.8, 4) is 11.3 Å². The first-order valence-corrected chi connectivity index (χ1v) is 5.34. The Morgan fingerprint density at radius 3 is 2.61 bits per heavy atom. The molecule has 0 saturated carbocycles. The van der Waals surface area contributed by atoms with Crippen LogP contribution < -0.4 is 0 Å². The average Bonchev–Trinajstić information content (AvgIpc) is 2.86. The second kappa shape index (κ2) is 5.46. The van der Waals surface area contributed by atoms with E-state index in [9.17, 15) is 9.18 Å². The monoisotopic (exact) mass is 250 g/mol. The fourth-order valence-electron chi connectivity index (χ4n) is 1.43. The Morgan fingerprint density at radius 2 is 1.94 bits per heavy atom. The maximum absolute atomic E-state index is 12.7. The number of ether oxygens (including phenoxy) is 1. The lowest BCUT2D eigenvalue weighted by Gasteiger charge is -1.99. The van der Waals surface area contributed by atoms with Gasteiger partial charge in [0.05, 0.1) is 6.61 Å². The van der Waals surface area contributed by atoms with Gasteiger partial charge in [0, 0.05) is 5.56 Å². The molecule has 0 radical (unpaired) electrons. The molecule has 2 aromatic rings. The summed E-state index contributed by atoms with van der Waals surface area (Å²) in [5.41, 5.74) is 0.664. The number of esters is 1. The summed E-state index contributed by atoms with van der Waals surface area (Å²) in [5, 5.41) is 8.53. The van der Waals surface area contributed by atoms with E-state index in [-0.39, 0.29) is 24.8 Å². The first kappa shape index (κ1) is 12.3. The highest BCUT2D eigenvalue weighted by Gasteiger charge is 2.13. The molecule has 0 aliphatic heterocycles. The van der Waals surface area contributed by atoms with Gasteiger partial charge in [-0.1, -0.05) is 0 Å². The molecule has 0 amide bonds. The average molecular weight is 250 g/mol. The highest BCUT2D eigenvalue weighted by Crippen LogP contribution is 2.22. The van der Waals surface area contributed by atoms with Gasteiger partial charge >= 0.3 is 5.97 Å². The molecule has 0 saturated heterocycles. The van der Waals surface area contributed by atoms with Gasteiger partial charge in [-0.3, -0.25) is 0 Å². The maximum atomic E-state index is 12.7. The minimum Gasteiger partial charge on any atom is -0.457 e. The van der Waals surface area contributed by atoms with E-state index in [4.69, 9.17) is 14.3 Å². The highest BCUT2D eigenvalue weighted by atomic mass is 19.1. The number of rotatable bonds is 4. The van der Waals surface area contributed by atoms with E-state index in [0.717, 1.165) is 0 Å². The van der Waals surface area contributed by atoms with Gasteiger partial charge in [0.25, 0.3) is 0 Å². The number of halogens is 1. The first-order valence-electron chi connectivity index (χ1n) is 5.34. The zero-order valence-electron chi connectivity index (χ0n) is 9.43. The highest BCUT2D eigenvalue weighted by molar-refractivity contribution is 5.87. The molecule has 0 aliphatic rings. The summed E-state index contributed by atoms with van der Waals surface area (Å²) in [6, 6.07) is 8.79. The van der Waals surface area contributed by atoms with Gasteiger partial charge in [-0.2, -0.15) is 0 Å². The van der Waals surface area contributed by atoms with Crippen molar-refractivity contribution in [2.45, 2.75) is 0 Å². The third kappa shape index (κ3) is 2.75. The van der Waals surface area contributed by atoms with Crippen LogP contribution in [0.25, 0.3) is 11.3 Å². The Balaban J connectivity index is 2.15. The Morgan fingerprint density at radius 1 is 1.22 bits per heavy atom. The second-order valence-corrected chi connectivity index (χ2v) is 3.53. The Bertz CT molecular complexity index is 530. The number of hydrogen-bond acceptors (Lipinski definition) is 4. The molecule has 94 valence electrons. The molecule has 1 aromatic carbocycles. The quantitative estimate of drug-likeness (QED) is 0.845. The molecule has 0 atom stereocenters. The molecule has 0 spiro atoms. The van der Waals surface area contributed by atoms with Crippen molar-refractivity contribution in [1.29, 1.82) is 0 Å². The predicted octanol–water partition coefficient (Wildman–Crippen LogP) is 2.23. The summed E-state index contributed by atoms with van der Waals surface area (Å²) < 4.78 is 22.7. The topological polar surface area (TPSA) is 59.7 Å². The van der Waals surface area contributed by atoms with Gasteiger partial charge in [-0.15, -0.1) is 0 Å². The molecule has 0 unspecified atom stereocenters. The zero-order chi connectivity index (χ0) is 13.0. The molecule has 0 fully saturated rings. The van der Waals surface area contributed by atoms with Crippen molar-refractivity contribution >= 4 is 5.97 Å². The summed E-state index contributed by atoms with van der Waals surface area (Å²) >= 11 is 0. The molecule has 0 bridgehead atoms. The number of carbonyl (C=O) groups excluding carboxylic acids is 1. The Labute approximate surface area is 103 Å². The summed E-state index contributed by atoms with van der Waals surface area (Å²) in [6.45, 7) is -0.317. The van der Waals surface area contributed by atoms with E-state index in [1.165, 1.54) is 18.2 Å². The van der Waals surface area contributed by atoms with Gasteiger partial charge in [0.15, 0.2) is 0 Å². The van der Waals surface area contributed by atoms with Gasteiger partial charge in [-0.05, 0) is 36.4 Å². The fraction of sp³-hybridized carbons (Fsp3) is 0.154. The van der Waals surface area contributed by atoms with Crippen LogP contribution in [0.3, 0.4) is 0 Å². The summed E-state index contributed by atoms with van der Waals surface area (Å²) in [7, 11) is 0. The number of hydrogen-bond donors (Lipinski definition) is 1. The molecular weight excluding hydrogens is 239 g/mol. The van der Waals surface area contributed by atoms with E-state index in [0.29, 0.717) is 11.3 Å². The molecule has 2 rings (SSSR count). The predicted molar refractivity (Wildman–Crippen MR) is 61.5 cm³/mol. The fourth-order valence-corrected chi connectivity index (χ4v) is 1.43. The van der Waals surface area contributed by atoms with Crippen LogP contribution in [0.5, 0.6) is 0 Å². The maximum Gasteiger partial charge on any atom is 0.374 e. The molecule has 1 N–H and O–H groups in total. The molecule has 5 heteroatoms. The number of furan rings is 1.